The zero-order chi connectivity index (χ0) is 20.9. The van der Waals surface area contributed by atoms with Gasteiger partial charge in [-0.2, -0.15) is 0 Å². The van der Waals surface area contributed by atoms with Gasteiger partial charge in [0.1, 0.15) is 11.6 Å². The van der Waals surface area contributed by atoms with Gasteiger partial charge >= 0.3 is 0 Å². The number of hydrogen-bond donors (Lipinski definition) is 1. The molecule has 0 unspecified atom stereocenters. The SMILES string of the molecule is Cc1ccc(-c2nnc(SCC(=O)Nc3cccc(F)c3)n2Cc2ccco2)cc1. The van der Waals surface area contributed by atoms with Crippen LogP contribution in [0, 0.1) is 12.7 Å². The molecule has 2 aromatic carbocycles. The summed E-state index contributed by atoms with van der Waals surface area (Å²) in [5, 5.41) is 11.9. The van der Waals surface area contributed by atoms with Crippen LogP contribution in [0.15, 0.2) is 76.5 Å². The third-order valence-corrected chi connectivity index (χ3v) is 5.33. The van der Waals surface area contributed by atoms with Gasteiger partial charge < -0.3 is 9.73 Å². The van der Waals surface area contributed by atoms with E-state index in [1.165, 1.54) is 23.9 Å². The van der Waals surface area contributed by atoms with Crippen LogP contribution < -0.4 is 5.32 Å². The van der Waals surface area contributed by atoms with Gasteiger partial charge in [0.25, 0.3) is 0 Å². The first-order chi connectivity index (χ1) is 14.6. The molecule has 0 fully saturated rings. The second-order valence-electron chi connectivity index (χ2n) is 6.68. The molecule has 0 saturated heterocycles. The van der Waals surface area contributed by atoms with Gasteiger partial charge in [-0.1, -0.05) is 47.7 Å². The molecule has 8 heteroatoms. The molecule has 1 N–H and O–H groups in total. The number of furan rings is 1. The molecular formula is C22H19FN4O2S. The van der Waals surface area contributed by atoms with Crippen LogP contribution in [0.1, 0.15) is 11.3 Å². The summed E-state index contributed by atoms with van der Waals surface area (Å²) < 4.78 is 20.7. The van der Waals surface area contributed by atoms with Crippen LogP contribution in [-0.4, -0.2) is 26.4 Å². The average Bonchev–Trinajstić information content (AvgIpc) is 3.38. The molecule has 30 heavy (non-hydrogen) atoms. The van der Waals surface area contributed by atoms with E-state index in [1.807, 2.05) is 47.9 Å². The quantitative estimate of drug-likeness (QED) is 0.435. The van der Waals surface area contributed by atoms with Crippen LogP contribution in [0.5, 0.6) is 0 Å². The lowest BCUT2D eigenvalue weighted by Gasteiger charge is -2.09. The topological polar surface area (TPSA) is 73.0 Å². The van der Waals surface area contributed by atoms with Crippen molar-refractivity contribution in [2.24, 2.45) is 0 Å². The largest absolute Gasteiger partial charge is 0.467 e. The molecule has 152 valence electrons. The molecule has 0 radical (unpaired) electrons. The molecule has 2 heterocycles. The van der Waals surface area contributed by atoms with Crippen molar-refractivity contribution in [2.45, 2.75) is 18.6 Å². The van der Waals surface area contributed by atoms with Gasteiger partial charge in [0.2, 0.25) is 5.91 Å². The van der Waals surface area contributed by atoms with Crippen molar-refractivity contribution in [3.63, 3.8) is 0 Å². The number of amides is 1. The van der Waals surface area contributed by atoms with Crippen LogP contribution in [-0.2, 0) is 11.3 Å². The minimum atomic E-state index is -0.401. The normalized spacial score (nSPS) is 10.9. The number of nitrogens with one attached hydrogen (secondary N) is 1. The van der Waals surface area contributed by atoms with Gasteiger partial charge in [0.15, 0.2) is 11.0 Å². The zero-order valence-electron chi connectivity index (χ0n) is 16.2. The number of hydrogen-bond acceptors (Lipinski definition) is 5. The Balaban J connectivity index is 1.53. The van der Waals surface area contributed by atoms with Gasteiger partial charge in [-0.3, -0.25) is 9.36 Å². The van der Waals surface area contributed by atoms with E-state index in [4.69, 9.17) is 4.42 Å². The predicted molar refractivity (Wildman–Crippen MR) is 114 cm³/mol. The van der Waals surface area contributed by atoms with E-state index < -0.39 is 5.82 Å². The highest BCUT2D eigenvalue weighted by Gasteiger charge is 2.17. The summed E-state index contributed by atoms with van der Waals surface area (Å²) in [6.07, 6.45) is 1.62. The molecule has 4 aromatic rings. The number of carbonyl (C=O) groups excluding carboxylic acids is 1. The van der Waals surface area contributed by atoms with Crippen molar-refractivity contribution in [3.05, 3.63) is 84.1 Å². The number of thioether (sulfide) groups is 1. The summed E-state index contributed by atoms with van der Waals surface area (Å²) in [6, 6.07) is 17.5. The Bertz CT molecular complexity index is 1140. The van der Waals surface area contributed by atoms with Crippen LogP contribution in [0.2, 0.25) is 0 Å². The summed E-state index contributed by atoms with van der Waals surface area (Å²) in [4.78, 5) is 12.3. The fourth-order valence-electron chi connectivity index (χ4n) is 2.91. The van der Waals surface area contributed by atoms with Crippen LogP contribution in [0.4, 0.5) is 10.1 Å². The van der Waals surface area contributed by atoms with E-state index in [-0.39, 0.29) is 11.7 Å². The summed E-state index contributed by atoms with van der Waals surface area (Å²) in [5.41, 5.74) is 2.49. The summed E-state index contributed by atoms with van der Waals surface area (Å²) >= 11 is 1.26. The standard InChI is InChI=1S/C22H19FN4O2S/c1-15-7-9-16(10-8-15)21-25-26-22(27(21)13-19-6-3-11-29-19)30-14-20(28)24-18-5-2-4-17(23)12-18/h2-12H,13-14H2,1H3,(H,24,28). The molecule has 4 rings (SSSR count). The average molecular weight is 422 g/mol. The van der Waals surface area contributed by atoms with E-state index in [0.29, 0.717) is 23.2 Å². The lowest BCUT2D eigenvalue weighted by atomic mass is 10.1. The Morgan fingerprint density at radius 2 is 1.97 bits per heavy atom. The first kappa shape index (κ1) is 19.9. The van der Waals surface area contributed by atoms with E-state index in [1.54, 1.807) is 18.4 Å². The lowest BCUT2D eigenvalue weighted by molar-refractivity contribution is -0.113. The Labute approximate surface area is 177 Å². The van der Waals surface area contributed by atoms with Crippen molar-refractivity contribution in [3.8, 4) is 11.4 Å². The molecule has 0 saturated carbocycles. The van der Waals surface area contributed by atoms with Gasteiger partial charge in [0.05, 0.1) is 18.6 Å². The first-order valence-corrected chi connectivity index (χ1v) is 10.3. The molecule has 0 aliphatic carbocycles. The molecule has 0 bridgehead atoms. The van der Waals surface area contributed by atoms with E-state index >= 15 is 0 Å². The smallest absolute Gasteiger partial charge is 0.234 e. The third-order valence-electron chi connectivity index (χ3n) is 4.36. The number of nitrogens with zero attached hydrogens (tertiary/aromatic N) is 3. The van der Waals surface area contributed by atoms with Crippen molar-refractivity contribution in [2.75, 3.05) is 11.1 Å². The Morgan fingerprint density at radius 1 is 1.13 bits per heavy atom. The maximum atomic E-state index is 13.3. The number of rotatable bonds is 7. The monoisotopic (exact) mass is 422 g/mol. The molecule has 0 spiro atoms. The number of halogens is 1. The highest BCUT2D eigenvalue weighted by Crippen LogP contribution is 2.26. The first-order valence-electron chi connectivity index (χ1n) is 9.29. The summed E-state index contributed by atoms with van der Waals surface area (Å²) in [6.45, 7) is 2.47. The molecule has 6 nitrogen and oxygen atoms in total. The minimum Gasteiger partial charge on any atom is -0.467 e. The Morgan fingerprint density at radius 3 is 2.70 bits per heavy atom. The summed E-state index contributed by atoms with van der Waals surface area (Å²) in [7, 11) is 0. The second-order valence-corrected chi connectivity index (χ2v) is 7.63. The van der Waals surface area contributed by atoms with Crippen molar-refractivity contribution in [1.29, 1.82) is 0 Å². The molecule has 0 aliphatic heterocycles. The van der Waals surface area contributed by atoms with E-state index in [9.17, 15) is 9.18 Å². The van der Waals surface area contributed by atoms with Crippen LogP contribution in [0.3, 0.4) is 0 Å². The fraction of sp³-hybridized carbons (Fsp3) is 0.136. The highest BCUT2D eigenvalue weighted by molar-refractivity contribution is 7.99. The van der Waals surface area contributed by atoms with Crippen molar-refractivity contribution < 1.29 is 13.6 Å². The molecule has 0 aliphatic rings. The number of carbonyl (C=O) groups is 1. The van der Waals surface area contributed by atoms with E-state index in [0.717, 1.165) is 16.9 Å². The third kappa shape index (κ3) is 4.77. The Hall–Kier alpha value is -3.39. The van der Waals surface area contributed by atoms with Gasteiger partial charge in [-0.25, -0.2) is 4.39 Å². The fourth-order valence-corrected chi connectivity index (χ4v) is 3.64. The number of anilines is 1. The highest BCUT2D eigenvalue weighted by atomic mass is 32.2. The molecule has 2 aromatic heterocycles. The van der Waals surface area contributed by atoms with Gasteiger partial charge in [-0.05, 0) is 37.3 Å². The lowest BCUT2D eigenvalue weighted by Crippen LogP contribution is -2.15. The molecule has 0 atom stereocenters. The number of benzene rings is 2. The van der Waals surface area contributed by atoms with E-state index in [2.05, 4.69) is 15.5 Å². The second kappa shape index (κ2) is 8.96. The van der Waals surface area contributed by atoms with Crippen LogP contribution in [0.25, 0.3) is 11.4 Å². The van der Waals surface area contributed by atoms with Gasteiger partial charge in [0, 0.05) is 11.3 Å². The van der Waals surface area contributed by atoms with Crippen molar-refractivity contribution >= 4 is 23.4 Å². The zero-order valence-corrected chi connectivity index (χ0v) is 17.0. The van der Waals surface area contributed by atoms with Crippen molar-refractivity contribution in [1.82, 2.24) is 14.8 Å². The number of aryl methyl sites for hydroxylation is 1. The maximum absolute atomic E-state index is 13.3. The maximum Gasteiger partial charge on any atom is 0.234 e. The predicted octanol–water partition coefficient (Wildman–Crippen LogP) is 4.76. The minimum absolute atomic E-state index is 0.112. The molecular weight excluding hydrogens is 403 g/mol. The van der Waals surface area contributed by atoms with Gasteiger partial charge in [-0.15, -0.1) is 10.2 Å². The molecule has 1 amide bonds. The Kier molecular flexibility index (Phi) is 5.94. The number of aromatic nitrogens is 3. The summed E-state index contributed by atoms with van der Waals surface area (Å²) in [5.74, 6) is 0.908. The van der Waals surface area contributed by atoms with Crippen LogP contribution >= 0.6 is 11.8 Å².